The van der Waals surface area contributed by atoms with E-state index in [9.17, 15) is 0 Å². The van der Waals surface area contributed by atoms with Crippen LogP contribution in [0.2, 0.25) is 0 Å². The Morgan fingerprint density at radius 1 is 0.455 bits per heavy atom. The van der Waals surface area contributed by atoms with Crippen molar-refractivity contribution < 1.29 is 48.5 Å². The van der Waals surface area contributed by atoms with Gasteiger partial charge in [-0.25, -0.2) is 0 Å². The molecule has 0 aromatic heterocycles. The van der Waals surface area contributed by atoms with E-state index in [4.69, 9.17) is 4.66 Å². The van der Waals surface area contributed by atoms with E-state index < -0.39 is 0 Å². The Morgan fingerprint density at radius 2 is 0.455 bits per heavy atom. The molecule has 0 atom stereocenters. The van der Waals surface area contributed by atoms with E-state index in [0.29, 0.717) is 0 Å². The minimum absolute atomic E-state index is 0. The molecule has 0 aliphatic carbocycles. The van der Waals surface area contributed by atoms with Gasteiger partial charge in [0.15, 0.2) is 0 Å². The van der Waals surface area contributed by atoms with Crippen LogP contribution in [0, 0.1) is 0 Å². The van der Waals surface area contributed by atoms with E-state index in [1.165, 1.54) is 0 Å². The predicted octanol–water partition coefficient (Wildman–Crippen LogP) is -7.38. The summed E-state index contributed by atoms with van der Waals surface area (Å²) in [4.78, 5) is 0. The average Bonchev–Trinajstić information content (AvgIpc) is 1.00. The van der Waals surface area contributed by atoms with E-state index in [-0.39, 0.29) is 81.5 Å². The van der Waals surface area contributed by atoms with E-state index in [1.54, 1.807) is 0 Å². The molecule has 82 valence electrons. The molecule has 0 amide bonds. The molecule has 0 rings (SSSR count). The fourth-order valence-electron chi connectivity index (χ4n) is 0. The molecule has 0 saturated carbocycles. The number of hydrogen-bond donors (Lipinski definition) is 1. The van der Waals surface area contributed by atoms with Gasteiger partial charge in [-0.1, -0.05) is 0 Å². The van der Waals surface area contributed by atoms with Crippen LogP contribution in [0.5, 0.6) is 0 Å². The van der Waals surface area contributed by atoms with Crippen LogP contribution < -0.4 is 0 Å². The zero-order chi connectivity index (χ0) is 2.00. The topological polar surface area (TPSA) is 272 Å². The molecule has 11 heavy (non-hydrogen) atoms. The van der Waals surface area contributed by atoms with Gasteiger partial charge in [0, 0.05) is 0 Å². The second-order valence-corrected chi connectivity index (χ2v) is 0. The Morgan fingerprint density at radius 3 is 0.455 bits per heavy atom. The molecule has 9 nitrogen and oxygen atoms in total. The van der Waals surface area contributed by atoms with Gasteiger partial charge in [-0.05, 0) is 0 Å². The van der Waals surface area contributed by atoms with Gasteiger partial charge in [0.05, 0.1) is 11.9 Å². The van der Waals surface area contributed by atoms with Gasteiger partial charge in [-0.15, -0.1) is 0 Å². The van der Waals surface area contributed by atoms with Gasteiger partial charge >= 0.3 is 37.7 Å². The molecule has 0 saturated heterocycles. The van der Waals surface area contributed by atoms with Gasteiger partial charge < -0.3 is 43.8 Å². The third-order valence-corrected chi connectivity index (χ3v) is 0. The summed E-state index contributed by atoms with van der Waals surface area (Å²) in [6, 6.07) is 0. The van der Waals surface area contributed by atoms with Gasteiger partial charge in [0.2, 0.25) is 0 Å². The summed E-state index contributed by atoms with van der Waals surface area (Å²) in [5.74, 6) is 0. The van der Waals surface area contributed by atoms with E-state index in [2.05, 4.69) is 11.9 Å². The van der Waals surface area contributed by atoms with Crippen molar-refractivity contribution >= 4 is 49.6 Å². The number of rotatable bonds is 0. The van der Waals surface area contributed by atoms with Gasteiger partial charge in [-0.2, -0.15) is 0 Å². The first-order valence-electron chi connectivity index (χ1n) is 0.169. The molecule has 0 aliphatic rings. The molecule has 0 aromatic carbocycles. The van der Waals surface area contributed by atoms with Crippen LogP contribution in [-0.4, -0.2) is 86.2 Å². The van der Waals surface area contributed by atoms with Crippen LogP contribution in [0.15, 0.2) is 0 Å². The zero-order valence-corrected chi connectivity index (χ0v) is 5.58. The summed E-state index contributed by atoms with van der Waals surface area (Å²) in [6.07, 6.45) is 0. The molecular weight excluding hydrogens is 220 g/mol. The second-order valence-electron chi connectivity index (χ2n) is 0. The monoisotopic (exact) mass is 238 g/mol. The van der Waals surface area contributed by atoms with Crippen molar-refractivity contribution in [1.82, 2.24) is 0 Å². The quantitative estimate of drug-likeness (QED) is 0.395. The molecule has 0 bridgehead atoms. The first kappa shape index (κ1) is 318. The normalized spacial score (nSPS) is 0.545. The minimum atomic E-state index is 0. The molecule has 0 aliphatic heterocycles. The van der Waals surface area contributed by atoms with E-state index >= 15 is 0 Å². The van der Waals surface area contributed by atoms with Gasteiger partial charge in [-0.3, -0.25) is 4.66 Å². The number of hydrogen-bond acceptors (Lipinski definition) is 1. The SMILES string of the molecule is O.O.O.O.O.O.O.O.OCl.[CaH2]. The van der Waals surface area contributed by atoms with Gasteiger partial charge in [0.25, 0.3) is 0 Å². The van der Waals surface area contributed by atoms with Crippen molar-refractivity contribution in [3.63, 3.8) is 0 Å². The van der Waals surface area contributed by atoms with Crippen molar-refractivity contribution in [2.24, 2.45) is 0 Å². The van der Waals surface area contributed by atoms with Crippen LogP contribution >= 0.6 is 11.9 Å². The van der Waals surface area contributed by atoms with E-state index in [0.717, 1.165) is 0 Å². The van der Waals surface area contributed by atoms with Gasteiger partial charge in [0.1, 0.15) is 0 Å². The molecular formula is H19CaClO9. The fraction of sp³-hybridized carbons (Fsp3) is 0. The number of halogens is 1. The Kier molecular flexibility index (Phi) is 23800. The Balaban J connectivity index is -0.000000000139. The Hall–Kier alpha value is 1.19. The maximum absolute atomic E-state index is 6.47. The van der Waals surface area contributed by atoms with Crippen molar-refractivity contribution in [2.45, 2.75) is 0 Å². The first-order valence-corrected chi connectivity index (χ1v) is 0.507. The third-order valence-electron chi connectivity index (χ3n) is 0. The van der Waals surface area contributed by atoms with Crippen LogP contribution in [0.3, 0.4) is 0 Å². The van der Waals surface area contributed by atoms with E-state index in [1.807, 2.05) is 0 Å². The van der Waals surface area contributed by atoms with Crippen molar-refractivity contribution in [2.75, 3.05) is 0 Å². The van der Waals surface area contributed by atoms with Crippen LogP contribution in [0.1, 0.15) is 0 Å². The Labute approximate surface area is 97.6 Å². The van der Waals surface area contributed by atoms with Crippen LogP contribution in [0.4, 0.5) is 0 Å². The molecule has 0 aromatic rings. The summed E-state index contributed by atoms with van der Waals surface area (Å²) >= 11 is 3.64. The Bertz CT molecular complexity index is 9.52. The first-order chi connectivity index (χ1) is 1.00. The molecule has 0 spiro atoms. The molecule has 0 unspecified atom stereocenters. The van der Waals surface area contributed by atoms with Crippen LogP contribution in [0.25, 0.3) is 0 Å². The summed E-state index contributed by atoms with van der Waals surface area (Å²) in [6.45, 7) is 0. The predicted molar refractivity (Wildman–Crippen MR) is 45.5 cm³/mol. The standard InChI is InChI=1S/Ca.ClHO.8H2O.2H/c;1-2;;;;;;;;;;/h;2H;8*1H2;;. The fourth-order valence-corrected chi connectivity index (χ4v) is 0. The van der Waals surface area contributed by atoms with Crippen molar-refractivity contribution in [3.05, 3.63) is 0 Å². The summed E-state index contributed by atoms with van der Waals surface area (Å²) in [5.41, 5.74) is 0. The summed E-state index contributed by atoms with van der Waals surface area (Å²) in [5, 5.41) is 0. The summed E-state index contributed by atoms with van der Waals surface area (Å²) in [7, 11) is 0. The summed E-state index contributed by atoms with van der Waals surface area (Å²) < 4.78 is 6.47. The molecule has 17 N–H and O–H groups in total. The molecule has 11 heteroatoms. The maximum atomic E-state index is 6.47. The third kappa shape index (κ3) is 668. The molecule has 0 heterocycles. The molecule has 0 fully saturated rings. The van der Waals surface area contributed by atoms with Crippen molar-refractivity contribution in [1.29, 1.82) is 0 Å². The van der Waals surface area contributed by atoms with Crippen molar-refractivity contribution in [3.8, 4) is 0 Å². The van der Waals surface area contributed by atoms with Crippen LogP contribution in [-0.2, 0) is 0 Å². The molecule has 0 radical (unpaired) electrons. The average molecular weight is 239 g/mol. The zero-order valence-electron chi connectivity index (χ0n) is 4.83. The second kappa shape index (κ2) is 821.